The highest BCUT2D eigenvalue weighted by atomic mass is 32.2. The van der Waals surface area contributed by atoms with Gasteiger partial charge >= 0.3 is 0 Å². The number of halogens is 1. The summed E-state index contributed by atoms with van der Waals surface area (Å²) >= 11 is 0. The summed E-state index contributed by atoms with van der Waals surface area (Å²) in [4.78, 5) is 11.5. The van der Waals surface area contributed by atoms with Gasteiger partial charge < -0.3 is 5.32 Å². The number of benzene rings is 1. The second-order valence-corrected chi connectivity index (χ2v) is 7.41. The van der Waals surface area contributed by atoms with Crippen molar-refractivity contribution < 1.29 is 17.6 Å². The number of hydrogen-bond acceptors (Lipinski definition) is 3. The van der Waals surface area contributed by atoms with Crippen molar-refractivity contribution in [1.82, 2.24) is 9.62 Å². The van der Waals surface area contributed by atoms with E-state index in [-0.39, 0.29) is 29.4 Å². The van der Waals surface area contributed by atoms with Crippen molar-refractivity contribution in [3.8, 4) is 0 Å². The molecule has 7 heteroatoms. The highest BCUT2D eigenvalue weighted by Crippen LogP contribution is 2.32. The third-order valence-electron chi connectivity index (χ3n) is 3.62. The summed E-state index contributed by atoms with van der Waals surface area (Å²) in [6.07, 6.45) is 3.30. The van der Waals surface area contributed by atoms with Gasteiger partial charge in [-0.1, -0.05) is 12.1 Å². The molecule has 2 aliphatic rings. The molecule has 3 rings (SSSR count). The summed E-state index contributed by atoms with van der Waals surface area (Å²) in [5.41, 5.74) is 0. The van der Waals surface area contributed by atoms with Crippen molar-refractivity contribution in [3.05, 3.63) is 30.1 Å². The van der Waals surface area contributed by atoms with Gasteiger partial charge in [-0.2, -0.15) is 4.31 Å². The van der Waals surface area contributed by atoms with Crippen LogP contribution in [-0.4, -0.2) is 37.3 Å². The number of nitrogens with one attached hydrogen (secondary N) is 1. The van der Waals surface area contributed by atoms with Crippen molar-refractivity contribution in [3.63, 3.8) is 0 Å². The standard InChI is InChI=1S/C14H17FN2O3S/c15-12-3-1-2-4-13(12)21(19,20)17(11-7-8-11)9-14(18)16-10-5-6-10/h1-4,10-11H,5-9H2,(H,16,18). The van der Waals surface area contributed by atoms with Gasteiger partial charge in [-0.3, -0.25) is 4.79 Å². The minimum Gasteiger partial charge on any atom is -0.352 e. The predicted octanol–water partition coefficient (Wildman–Crippen LogP) is 1.26. The van der Waals surface area contributed by atoms with E-state index in [4.69, 9.17) is 0 Å². The van der Waals surface area contributed by atoms with Crippen LogP contribution in [0.3, 0.4) is 0 Å². The monoisotopic (exact) mass is 312 g/mol. The molecule has 0 radical (unpaired) electrons. The van der Waals surface area contributed by atoms with Crippen molar-refractivity contribution in [1.29, 1.82) is 0 Å². The summed E-state index contributed by atoms with van der Waals surface area (Å²) < 4.78 is 40.1. The van der Waals surface area contributed by atoms with E-state index in [1.807, 2.05) is 0 Å². The number of carbonyl (C=O) groups excluding carboxylic acids is 1. The second-order valence-electron chi connectivity index (χ2n) is 5.55. The molecule has 1 N–H and O–H groups in total. The molecule has 0 heterocycles. The lowest BCUT2D eigenvalue weighted by Gasteiger charge is -2.21. The molecule has 2 aliphatic carbocycles. The zero-order chi connectivity index (χ0) is 15.0. The Bertz CT molecular complexity index is 654. The lowest BCUT2D eigenvalue weighted by atomic mass is 10.3. The summed E-state index contributed by atoms with van der Waals surface area (Å²) in [5.74, 6) is -1.10. The summed E-state index contributed by atoms with van der Waals surface area (Å²) in [7, 11) is -3.98. The van der Waals surface area contributed by atoms with Gasteiger partial charge in [0.2, 0.25) is 15.9 Å². The second kappa shape index (κ2) is 5.38. The van der Waals surface area contributed by atoms with E-state index >= 15 is 0 Å². The SMILES string of the molecule is O=C(CN(C1CC1)S(=O)(=O)c1ccccc1F)NC1CC1. The fraction of sp³-hybridized carbons (Fsp3) is 0.500. The molecule has 2 saturated carbocycles. The molecule has 1 aromatic carbocycles. The first kappa shape index (κ1) is 14.5. The van der Waals surface area contributed by atoms with Crippen molar-refractivity contribution in [2.45, 2.75) is 42.7 Å². The van der Waals surface area contributed by atoms with Crippen LogP contribution < -0.4 is 5.32 Å². The fourth-order valence-corrected chi connectivity index (χ4v) is 3.90. The molecular weight excluding hydrogens is 295 g/mol. The Morgan fingerprint density at radius 2 is 1.90 bits per heavy atom. The van der Waals surface area contributed by atoms with Gasteiger partial charge in [0.15, 0.2) is 0 Å². The number of amides is 1. The van der Waals surface area contributed by atoms with Crippen LogP contribution in [0, 0.1) is 5.82 Å². The van der Waals surface area contributed by atoms with Gasteiger partial charge in [0.05, 0.1) is 6.54 Å². The first-order valence-electron chi connectivity index (χ1n) is 7.04. The molecule has 5 nitrogen and oxygen atoms in total. The largest absolute Gasteiger partial charge is 0.352 e. The highest BCUT2D eigenvalue weighted by molar-refractivity contribution is 7.89. The van der Waals surface area contributed by atoms with Crippen LogP contribution >= 0.6 is 0 Å². The molecule has 1 amide bonds. The Kier molecular flexibility index (Phi) is 3.71. The molecule has 1 aromatic rings. The zero-order valence-electron chi connectivity index (χ0n) is 11.5. The van der Waals surface area contributed by atoms with Crippen molar-refractivity contribution in [2.24, 2.45) is 0 Å². The van der Waals surface area contributed by atoms with E-state index in [1.54, 1.807) is 0 Å². The van der Waals surface area contributed by atoms with E-state index < -0.39 is 15.8 Å². The van der Waals surface area contributed by atoms with Gasteiger partial charge in [0, 0.05) is 12.1 Å². The van der Waals surface area contributed by atoms with Gasteiger partial charge in [0.25, 0.3) is 0 Å². The minimum absolute atomic E-state index is 0.176. The summed E-state index contributed by atoms with van der Waals surface area (Å²) in [6.45, 7) is -0.238. The molecular formula is C14H17FN2O3S. The van der Waals surface area contributed by atoms with Crippen LogP contribution in [0.4, 0.5) is 4.39 Å². The normalized spacial score (nSPS) is 18.8. The average molecular weight is 312 g/mol. The first-order valence-corrected chi connectivity index (χ1v) is 8.48. The van der Waals surface area contributed by atoms with Gasteiger partial charge in [-0.15, -0.1) is 0 Å². The molecule has 21 heavy (non-hydrogen) atoms. The van der Waals surface area contributed by atoms with Crippen LogP contribution in [0.15, 0.2) is 29.2 Å². The number of hydrogen-bond donors (Lipinski definition) is 1. The van der Waals surface area contributed by atoms with E-state index in [1.165, 1.54) is 18.2 Å². The van der Waals surface area contributed by atoms with E-state index in [0.717, 1.165) is 23.2 Å². The summed E-state index contributed by atoms with van der Waals surface area (Å²) in [6, 6.07) is 5.25. The van der Waals surface area contributed by atoms with Crippen LogP contribution in [-0.2, 0) is 14.8 Å². The Labute approximate surface area is 123 Å². The quantitative estimate of drug-likeness (QED) is 0.860. The molecule has 114 valence electrons. The molecule has 0 aliphatic heterocycles. The number of sulfonamides is 1. The molecule has 0 bridgehead atoms. The molecule has 0 unspecified atom stereocenters. The van der Waals surface area contributed by atoms with Gasteiger partial charge in [0.1, 0.15) is 10.7 Å². The molecule has 0 aromatic heterocycles. The van der Waals surface area contributed by atoms with Gasteiger partial charge in [-0.25, -0.2) is 12.8 Å². The Morgan fingerprint density at radius 1 is 1.24 bits per heavy atom. The third-order valence-corrected chi connectivity index (χ3v) is 5.55. The third kappa shape index (κ3) is 3.24. The average Bonchev–Trinajstić information content (AvgIpc) is 3.30. The smallest absolute Gasteiger partial charge is 0.246 e. The predicted molar refractivity (Wildman–Crippen MR) is 74.5 cm³/mol. The first-order chi connectivity index (χ1) is 9.98. The highest BCUT2D eigenvalue weighted by Gasteiger charge is 2.40. The molecule has 0 atom stereocenters. The zero-order valence-corrected chi connectivity index (χ0v) is 12.3. The maximum absolute atomic E-state index is 13.8. The topological polar surface area (TPSA) is 66.5 Å². The maximum Gasteiger partial charge on any atom is 0.246 e. The molecule has 2 fully saturated rings. The van der Waals surface area contributed by atoms with E-state index in [2.05, 4.69) is 5.32 Å². The number of rotatable bonds is 6. The van der Waals surface area contributed by atoms with E-state index in [9.17, 15) is 17.6 Å². The van der Waals surface area contributed by atoms with Crippen LogP contribution in [0.1, 0.15) is 25.7 Å². The Hall–Kier alpha value is -1.47. The lowest BCUT2D eigenvalue weighted by molar-refractivity contribution is -0.121. The number of nitrogens with zero attached hydrogens (tertiary/aromatic N) is 1. The Morgan fingerprint density at radius 3 is 2.48 bits per heavy atom. The minimum atomic E-state index is -3.98. The van der Waals surface area contributed by atoms with Crippen molar-refractivity contribution in [2.75, 3.05) is 6.54 Å². The Balaban J connectivity index is 1.82. The fourth-order valence-electron chi connectivity index (χ4n) is 2.20. The molecule has 0 saturated heterocycles. The van der Waals surface area contributed by atoms with E-state index in [0.29, 0.717) is 12.8 Å². The lowest BCUT2D eigenvalue weighted by Crippen LogP contribution is -2.42. The van der Waals surface area contributed by atoms with Crippen LogP contribution in [0.5, 0.6) is 0 Å². The van der Waals surface area contributed by atoms with Crippen LogP contribution in [0.2, 0.25) is 0 Å². The number of carbonyl (C=O) groups is 1. The van der Waals surface area contributed by atoms with Gasteiger partial charge in [-0.05, 0) is 37.8 Å². The maximum atomic E-state index is 13.8. The summed E-state index contributed by atoms with van der Waals surface area (Å²) in [5, 5.41) is 2.77. The van der Waals surface area contributed by atoms with Crippen LogP contribution in [0.25, 0.3) is 0 Å². The van der Waals surface area contributed by atoms with Crippen molar-refractivity contribution >= 4 is 15.9 Å². The molecule has 0 spiro atoms.